The van der Waals surface area contributed by atoms with E-state index in [1.807, 2.05) is 17.0 Å². The Morgan fingerprint density at radius 3 is 2.60 bits per heavy atom. The molecule has 0 fully saturated rings. The van der Waals surface area contributed by atoms with Gasteiger partial charge in [0.25, 0.3) is 5.91 Å². The number of carbonyl (C=O) groups is 1. The zero-order valence-corrected chi connectivity index (χ0v) is 13.1. The van der Waals surface area contributed by atoms with Crippen molar-refractivity contribution in [2.24, 2.45) is 0 Å². The van der Waals surface area contributed by atoms with E-state index in [9.17, 15) is 4.79 Å². The van der Waals surface area contributed by atoms with E-state index in [1.165, 1.54) is 11.3 Å². The smallest absolute Gasteiger partial charge is 0.264 e. The maximum Gasteiger partial charge on any atom is 0.264 e. The first-order chi connectivity index (χ1) is 9.61. The Morgan fingerprint density at radius 1 is 1.35 bits per heavy atom. The minimum Gasteiger partial charge on any atom is -0.331 e. The van der Waals surface area contributed by atoms with Gasteiger partial charge in [0.05, 0.1) is 9.21 Å². The van der Waals surface area contributed by atoms with Crippen LogP contribution >= 0.6 is 22.9 Å². The molecule has 106 valence electrons. The summed E-state index contributed by atoms with van der Waals surface area (Å²) in [6.07, 6.45) is 4.41. The average molecular weight is 309 g/mol. The van der Waals surface area contributed by atoms with Crippen LogP contribution in [-0.4, -0.2) is 21.8 Å². The van der Waals surface area contributed by atoms with Crippen LogP contribution in [-0.2, 0) is 6.54 Å². The van der Waals surface area contributed by atoms with Crippen LogP contribution in [0.5, 0.6) is 0 Å². The van der Waals surface area contributed by atoms with Gasteiger partial charge in [-0.1, -0.05) is 18.5 Å². The molecule has 3 nitrogen and oxygen atoms in total. The number of aromatic nitrogens is 1. The third-order valence-electron chi connectivity index (χ3n) is 3.27. The molecule has 0 aliphatic carbocycles. The summed E-state index contributed by atoms with van der Waals surface area (Å²) in [5.41, 5.74) is 1.08. The van der Waals surface area contributed by atoms with Crippen molar-refractivity contribution < 1.29 is 4.79 Å². The quantitative estimate of drug-likeness (QED) is 0.828. The topological polar surface area (TPSA) is 33.2 Å². The highest BCUT2D eigenvalue weighted by molar-refractivity contribution is 7.17. The molecule has 0 saturated heterocycles. The molecule has 0 bridgehead atoms. The fourth-order valence-corrected chi connectivity index (χ4v) is 2.90. The summed E-state index contributed by atoms with van der Waals surface area (Å²) in [6.45, 7) is 4.74. The Balaban J connectivity index is 2.21. The Bertz CT molecular complexity index is 570. The summed E-state index contributed by atoms with van der Waals surface area (Å²) in [5, 5.41) is 0. The third kappa shape index (κ3) is 3.58. The van der Waals surface area contributed by atoms with Gasteiger partial charge in [-0.15, -0.1) is 11.3 Å². The lowest BCUT2D eigenvalue weighted by Crippen LogP contribution is -2.37. The van der Waals surface area contributed by atoms with Crippen LogP contribution in [0.2, 0.25) is 4.34 Å². The first-order valence-corrected chi connectivity index (χ1v) is 7.76. The van der Waals surface area contributed by atoms with Gasteiger partial charge in [-0.3, -0.25) is 9.78 Å². The number of amides is 1. The number of halogens is 1. The van der Waals surface area contributed by atoms with E-state index in [-0.39, 0.29) is 11.9 Å². The van der Waals surface area contributed by atoms with Gasteiger partial charge in [0, 0.05) is 25.0 Å². The van der Waals surface area contributed by atoms with Crippen molar-refractivity contribution in [2.75, 3.05) is 0 Å². The molecule has 0 N–H and O–H groups in total. The first-order valence-electron chi connectivity index (χ1n) is 6.57. The molecule has 2 rings (SSSR count). The lowest BCUT2D eigenvalue weighted by Gasteiger charge is -2.28. The fourth-order valence-electron chi connectivity index (χ4n) is 1.90. The van der Waals surface area contributed by atoms with E-state index in [4.69, 9.17) is 11.6 Å². The Kier molecular flexibility index (Phi) is 5.15. The zero-order chi connectivity index (χ0) is 14.5. The zero-order valence-electron chi connectivity index (χ0n) is 11.5. The monoisotopic (exact) mass is 308 g/mol. The number of carbonyl (C=O) groups excluding carboxylic acids is 1. The van der Waals surface area contributed by atoms with Gasteiger partial charge >= 0.3 is 0 Å². The van der Waals surface area contributed by atoms with Crippen LogP contribution in [0.3, 0.4) is 0 Å². The van der Waals surface area contributed by atoms with Crippen LogP contribution in [0.4, 0.5) is 0 Å². The van der Waals surface area contributed by atoms with Gasteiger partial charge in [0.2, 0.25) is 0 Å². The van der Waals surface area contributed by atoms with E-state index in [1.54, 1.807) is 24.5 Å². The largest absolute Gasteiger partial charge is 0.331 e. The number of pyridine rings is 1. The molecule has 0 saturated carbocycles. The van der Waals surface area contributed by atoms with Crippen LogP contribution in [0.25, 0.3) is 0 Å². The molecular weight excluding hydrogens is 292 g/mol. The molecule has 2 aromatic rings. The van der Waals surface area contributed by atoms with Gasteiger partial charge < -0.3 is 4.90 Å². The molecule has 1 atom stereocenters. The first kappa shape index (κ1) is 15.0. The Hall–Kier alpha value is -1.39. The van der Waals surface area contributed by atoms with Crippen molar-refractivity contribution in [3.8, 4) is 0 Å². The highest BCUT2D eigenvalue weighted by Gasteiger charge is 2.22. The van der Waals surface area contributed by atoms with Crippen LogP contribution in [0, 0.1) is 0 Å². The van der Waals surface area contributed by atoms with Gasteiger partial charge in [0.15, 0.2) is 0 Å². The maximum absolute atomic E-state index is 12.6. The number of nitrogens with zero attached hydrogens (tertiary/aromatic N) is 2. The summed E-state index contributed by atoms with van der Waals surface area (Å²) in [7, 11) is 0. The van der Waals surface area contributed by atoms with Crippen molar-refractivity contribution in [2.45, 2.75) is 32.9 Å². The second-order valence-electron chi connectivity index (χ2n) is 4.65. The summed E-state index contributed by atoms with van der Waals surface area (Å²) in [5.74, 6) is 0.0352. The van der Waals surface area contributed by atoms with Crippen molar-refractivity contribution in [1.29, 1.82) is 0 Å². The molecule has 1 amide bonds. The predicted molar refractivity (Wildman–Crippen MR) is 83.2 cm³/mol. The fraction of sp³-hybridized carbons (Fsp3) is 0.333. The van der Waals surface area contributed by atoms with Gasteiger partial charge in [-0.2, -0.15) is 0 Å². The van der Waals surface area contributed by atoms with Crippen molar-refractivity contribution in [1.82, 2.24) is 9.88 Å². The summed E-state index contributed by atoms with van der Waals surface area (Å²) < 4.78 is 0.640. The number of rotatable bonds is 5. The average Bonchev–Trinajstić information content (AvgIpc) is 2.91. The molecular formula is C15H17ClN2OS. The van der Waals surface area contributed by atoms with E-state index in [0.717, 1.165) is 12.0 Å². The van der Waals surface area contributed by atoms with E-state index < -0.39 is 0 Å². The minimum atomic E-state index is 0.0352. The van der Waals surface area contributed by atoms with Crippen LogP contribution in [0.1, 0.15) is 35.5 Å². The van der Waals surface area contributed by atoms with Gasteiger partial charge in [-0.05, 0) is 43.2 Å². The molecule has 2 heterocycles. The van der Waals surface area contributed by atoms with E-state index in [0.29, 0.717) is 15.8 Å². The summed E-state index contributed by atoms with van der Waals surface area (Å²) >= 11 is 7.25. The molecule has 20 heavy (non-hydrogen) atoms. The standard InChI is InChI=1S/C15H17ClN2OS/c1-3-11(2)18(10-12-6-8-17-9-7-12)15(19)13-4-5-14(16)20-13/h4-9,11H,3,10H2,1-2H3/t11-/m1/s1. The maximum atomic E-state index is 12.6. The molecule has 0 unspecified atom stereocenters. The number of hydrogen-bond acceptors (Lipinski definition) is 3. The molecule has 0 aromatic carbocycles. The number of hydrogen-bond donors (Lipinski definition) is 0. The minimum absolute atomic E-state index is 0.0352. The van der Waals surface area contributed by atoms with Gasteiger partial charge in [0.1, 0.15) is 0 Å². The SMILES string of the molecule is CC[C@@H](C)N(Cc1ccncc1)C(=O)c1ccc(Cl)s1. The Labute approximate surface area is 128 Å². The molecule has 0 aliphatic rings. The number of thiophene rings is 1. The van der Waals surface area contributed by atoms with Gasteiger partial charge in [-0.25, -0.2) is 0 Å². The lowest BCUT2D eigenvalue weighted by molar-refractivity contribution is 0.0676. The second-order valence-corrected chi connectivity index (χ2v) is 6.36. The summed E-state index contributed by atoms with van der Waals surface area (Å²) in [6, 6.07) is 7.60. The summed E-state index contributed by atoms with van der Waals surface area (Å²) in [4.78, 5) is 19.2. The van der Waals surface area contributed by atoms with Crippen molar-refractivity contribution in [3.05, 3.63) is 51.4 Å². The van der Waals surface area contributed by atoms with Crippen molar-refractivity contribution in [3.63, 3.8) is 0 Å². The molecule has 2 aromatic heterocycles. The normalized spacial score (nSPS) is 12.2. The lowest BCUT2D eigenvalue weighted by atomic mass is 10.1. The van der Waals surface area contributed by atoms with Crippen molar-refractivity contribution >= 4 is 28.8 Å². The molecule has 0 radical (unpaired) electrons. The van der Waals surface area contributed by atoms with Crippen LogP contribution < -0.4 is 0 Å². The van der Waals surface area contributed by atoms with E-state index >= 15 is 0 Å². The molecule has 0 aliphatic heterocycles. The highest BCUT2D eigenvalue weighted by atomic mass is 35.5. The highest BCUT2D eigenvalue weighted by Crippen LogP contribution is 2.24. The molecule has 5 heteroatoms. The Morgan fingerprint density at radius 2 is 2.05 bits per heavy atom. The second kappa shape index (κ2) is 6.86. The molecule has 0 spiro atoms. The van der Waals surface area contributed by atoms with Crippen LogP contribution in [0.15, 0.2) is 36.7 Å². The third-order valence-corrected chi connectivity index (χ3v) is 4.49. The predicted octanol–water partition coefficient (Wildman–Crippen LogP) is 4.24. The van der Waals surface area contributed by atoms with E-state index in [2.05, 4.69) is 18.8 Å².